The minimum Gasteiger partial charge on any atom is -0.497 e. The Kier molecular flexibility index (Phi) is 6.21. The largest absolute Gasteiger partial charge is 0.497 e. The van der Waals surface area contributed by atoms with Gasteiger partial charge in [-0.15, -0.1) is 11.8 Å². The predicted octanol–water partition coefficient (Wildman–Crippen LogP) is 1.93. The van der Waals surface area contributed by atoms with Crippen molar-refractivity contribution in [1.29, 1.82) is 0 Å². The lowest BCUT2D eigenvalue weighted by atomic mass is 10.3. The van der Waals surface area contributed by atoms with E-state index in [1.807, 2.05) is 0 Å². The molecule has 0 aromatic heterocycles. The fourth-order valence-corrected chi connectivity index (χ4v) is 2.14. The third-order valence-electron chi connectivity index (χ3n) is 2.29. The minimum absolute atomic E-state index is 0.182. The Morgan fingerprint density at radius 1 is 1.05 bits per heavy atom. The lowest BCUT2D eigenvalue weighted by Gasteiger charge is -2.07. The van der Waals surface area contributed by atoms with Crippen LogP contribution in [0.5, 0.6) is 11.5 Å². The Morgan fingerprint density at radius 2 is 1.63 bits per heavy atom. The van der Waals surface area contributed by atoms with Crippen LogP contribution >= 0.6 is 11.8 Å². The molecule has 5 nitrogen and oxygen atoms in total. The van der Waals surface area contributed by atoms with Crippen LogP contribution < -0.4 is 9.47 Å². The van der Waals surface area contributed by atoms with Gasteiger partial charge in [-0.25, -0.2) is 0 Å². The molecular formula is C13H16O5S. The summed E-state index contributed by atoms with van der Waals surface area (Å²) in [6.45, 7) is 0. The maximum atomic E-state index is 11.5. The van der Waals surface area contributed by atoms with Crippen LogP contribution in [0.25, 0.3) is 0 Å². The molecule has 0 saturated heterocycles. The third-order valence-corrected chi connectivity index (χ3v) is 3.33. The first-order chi connectivity index (χ1) is 9.08. The summed E-state index contributed by atoms with van der Waals surface area (Å²) in [6, 6.07) is 5.36. The minimum atomic E-state index is -0.520. The number of hydrogen-bond donors (Lipinski definition) is 0. The standard InChI is InChI=1S/C13H16O5S/c1-16-10-5-11(17-2)7-12(6-10)19-8-9(14)4-13(15)18-3/h5-7H,4,8H2,1-3H3. The Morgan fingerprint density at radius 3 is 2.11 bits per heavy atom. The number of rotatable bonds is 7. The van der Waals surface area contributed by atoms with Gasteiger partial charge in [0.15, 0.2) is 5.78 Å². The molecule has 0 spiro atoms. The molecule has 0 aliphatic carbocycles. The summed E-state index contributed by atoms with van der Waals surface area (Å²) < 4.78 is 14.7. The fourth-order valence-electron chi connectivity index (χ4n) is 1.31. The first-order valence-electron chi connectivity index (χ1n) is 5.53. The molecule has 0 heterocycles. The summed E-state index contributed by atoms with van der Waals surface area (Å²) in [4.78, 5) is 23.3. The molecule has 0 N–H and O–H groups in total. The highest BCUT2D eigenvalue weighted by molar-refractivity contribution is 8.00. The van der Waals surface area contributed by atoms with Crippen LogP contribution in [0.3, 0.4) is 0 Å². The SMILES string of the molecule is COC(=O)CC(=O)CSc1cc(OC)cc(OC)c1. The van der Waals surface area contributed by atoms with Gasteiger partial charge >= 0.3 is 5.97 Å². The van der Waals surface area contributed by atoms with E-state index in [2.05, 4.69) is 4.74 Å². The number of benzene rings is 1. The van der Waals surface area contributed by atoms with Crippen molar-refractivity contribution in [3.63, 3.8) is 0 Å². The zero-order chi connectivity index (χ0) is 14.3. The van der Waals surface area contributed by atoms with Gasteiger partial charge in [0.25, 0.3) is 0 Å². The molecule has 1 aromatic carbocycles. The summed E-state index contributed by atoms with van der Waals surface area (Å²) in [6.07, 6.45) is -0.204. The van der Waals surface area contributed by atoms with Crippen molar-refractivity contribution >= 4 is 23.5 Å². The normalized spacial score (nSPS) is 9.84. The third kappa shape index (κ3) is 5.21. The average Bonchev–Trinajstić information content (AvgIpc) is 2.44. The lowest BCUT2D eigenvalue weighted by molar-refractivity contribution is -0.142. The van der Waals surface area contributed by atoms with E-state index in [0.29, 0.717) is 11.5 Å². The highest BCUT2D eigenvalue weighted by Crippen LogP contribution is 2.29. The van der Waals surface area contributed by atoms with Gasteiger partial charge in [0.1, 0.15) is 17.9 Å². The first-order valence-corrected chi connectivity index (χ1v) is 6.52. The molecule has 0 saturated carbocycles. The number of thioether (sulfide) groups is 1. The van der Waals surface area contributed by atoms with E-state index in [1.54, 1.807) is 32.4 Å². The van der Waals surface area contributed by atoms with E-state index in [-0.39, 0.29) is 18.0 Å². The van der Waals surface area contributed by atoms with Crippen molar-refractivity contribution in [3.05, 3.63) is 18.2 Å². The van der Waals surface area contributed by atoms with E-state index < -0.39 is 5.97 Å². The van der Waals surface area contributed by atoms with Crippen molar-refractivity contribution < 1.29 is 23.8 Å². The molecule has 1 rings (SSSR count). The quantitative estimate of drug-likeness (QED) is 0.433. The second-order valence-electron chi connectivity index (χ2n) is 3.63. The molecule has 104 valence electrons. The number of hydrogen-bond acceptors (Lipinski definition) is 6. The molecular weight excluding hydrogens is 268 g/mol. The summed E-state index contributed by atoms with van der Waals surface area (Å²) in [5, 5.41) is 0. The van der Waals surface area contributed by atoms with Crippen molar-refractivity contribution in [3.8, 4) is 11.5 Å². The molecule has 0 radical (unpaired) electrons. The molecule has 19 heavy (non-hydrogen) atoms. The molecule has 0 aliphatic heterocycles. The van der Waals surface area contributed by atoms with Crippen LogP contribution in [-0.4, -0.2) is 38.8 Å². The number of ether oxygens (including phenoxy) is 3. The Balaban J connectivity index is 2.61. The lowest BCUT2D eigenvalue weighted by Crippen LogP contribution is -2.10. The van der Waals surface area contributed by atoms with E-state index in [4.69, 9.17) is 9.47 Å². The van der Waals surface area contributed by atoms with E-state index in [0.717, 1.165) is 4.90 Å². The van der Waals surface area contributed by atoms with Crippen LogP contribution in [0.2, 0.25) is 0 Å². The fraction of sp³-hybridized carbons (Fsp3) is 0.385. The van der Waals surface area contributed by atoms with Gasteiger partial charge in [0.2, 0.25) is 0 Å². The smallest absolute Gasteiger partial charge is 0.313 e. The van der Waals surface area contributed by atoms with Crippen LogP contribution in [-0.2, 0) is 14.3 Å². The number of carbonyl (C=O) groups excluding carboxylic acids is 2. The number of Topliss-reactive ketones (excluding diaryl/α,β-unsaturated/α-hetero) is 1. The highest BCUT2D eigenvalue weighted by atomic mass is 32.2. The number of esters is 1. The second kappa shape index (κ2) is 7.68. The van der Waals surface area contributed by atoms with Gasteiger partial charge < -0.3 is 14.2 Å². The molecule has 0 atom stereocenters. The van der Waals surface area contributed by atoms with Crippen molar-refractivity contribution in [2.45, 2.75) is 11.3 Å². The zero-order valence-corrected chi connectivity index (χ0v) is 11.9. The van der Waals surface area contributed by atoms with Gasteiger partial charge in [-0.2, -0.15) is 0 Å². The number of ketones is 1. The number of methoxy groups -OCH3 is 3. The molecule has 0 unspecified atom stereocenters. The summed E-state index contributed by atoms with van der Waals surface area (Å²) in [5.41, 5.74) is 0. The average molecular weight is 284 g/mol. The van der Waals surface area contributed by atoms with E-state index in [9.17, 15) is 9.59 Å². The summed E-state index contributed by atoms with van der Waals surface area (Å²) >= 11 is 1.32. The van der Waals surface area contributed by atoms with E-state index >= 15 is 0 Å². The summed E-state index contributed by atoms with van der Waals surface area (Å²) in [5.74, 6) is 0.808. The molecule has 6 heteroatoms. The first kappa shape index (κ1) is 15.4. The van der Waals surface area contributed by atoms with Gasteiger partial charge in [0.05, 0.1) is 27.1 Å². The number of carbonyl (C=O) groups is 2. The van der Waals surface area contributed by atoms with Crippen LogP contribution in [0.1, 0.15) is 6.42 Å². The van der Waals surface area contributed by atoms with Crippen molar-refractivity contribution in [2.24, 2.45) is 0 Å². The summed E-state index contributed by atoms with van der Waals surface area (Å²) in [7, 11) is 4.38. The Bertz CT molecular complexity index is 436. The van der Waals surface area contributed by atoms with E-state index in [1.165, 1.54) is 18.9 Å². The van der Waals surface area contributed by atoms with Crippen LogP contribution in [0.4, 0.5) is 0 Å². The maximum absolute atomic E-state index is 11.5. The Labute approximate surface area is 116 Å². The van der Waals surface area contributed by atoms with Gasteiger partial charge in [-0.1, -0.05) is 0 Å². The molecule has 0 amide bonds. The second-order valence-corrected chi connectivity index (χ2v) is 4.68. The van der Waals surface area contributed by atoms with Crippen molar-refractivity contribution in [1.82, 2.24) is 0 Å². The van der Waals surface area contributed by atoms with Gasteiger partial charge in [-0.3, -0.25) is 9.59 Å². The molecule has 0 aliphatic rings. The zero-order valence-electron chi connectivity index (χ0n) is 11.1. The monoisotopic (exact) mass is 284 g/mol. The van der Waals surface area contributed by atoms with Gasteiger partial charge in [0, 0.05) is 11.0 Å². The van der Waals surface area contributed by atoms with Gasteiger partial charge in [-0.05, 0) is 12.1 Å². The van der Waals surface area contributed by atoms with Crippen LogP contribution in [0, 0.1) is 0 Å². The maximum Gasteiger partial charge on any atom is 0.313 e. The molecule has 0 bridgehead atoms. The highest BCUT2D eigenvalue weighted by Gasteiger charge is 2.11. The Hall–Kier alpha value is -1.69. The topological polar surface area (TPSA) is 61.8 Å². The predicted molar refractivity (Wildman–Crippen MR) is 71.9 cm³/mol. The van der Waals surface area contributed by atoms with Crippen LogP contribution in [0.15, 0.2) is 23.1 Å². The molecule has 1 aromatic rings. The van der Waals surface area contributed by atoms with Crippen molar-refractivity contribution in [2.75, 3.05) is 27.1 Å². The molecule has 0 fully saturated rings.